The van der Waals surface area contributed by atoms with Crippen LogP contribution in [0.3, 0.4) is 0 Å². The van der Waals surface area contributed by atoms with Crippen LogP contribution in [0.2, 0.25) is 0 Å². The summed E-state index contributed by atoms with van der Waals surface area (Å²) in [5.74, 6) is 3.32. The Hall–Kier alpha value is -2.27. The molecule has 4 N–H and O–H groups in total. The zero-order valence-corrected chi connectivity index (χ0v) is 15.4. The van der Waals surface area contributed by atoms with E-state index in [0.717, 1.165) is 34.6 Å². The quantitative estimate of drug-likeness (QED) is 0.822. The fraction of sp³-hybridized carbons (Fsp3) is 0.476. The smallest absolute Gasteiger partial charge is 0.131 e. The second-order valence-electron chi connectivity index (χ2n) is 7.89. The van der Waals surface area contributed by atoms with Crippen molar-refractivity contribution in [3.8, 4) is 22.6 Å². The lowest BCUT2D eigenvalue weighted by Gasteiger charge is -2.30. The van der Waals surface area contributed by atoms with Crippen molar-refractivity contribution in [2.75, 3.05) is 12.3 Å². The van der Waals surface area contributed by atoms with Gasteiger partial charge < -0.3 is 20.9 Å². The van der Waals surface area contributed by atoms with Crippen LogP contribution in [-0.2, 0) is 0 Å². The summed E-state index contributed by atoms with van der Waals surface area (Å²) in [5.41, 5.74) is 15.5. The number of benzene rings is 1. The van der Waals surface area contributed by atoms with E-state index in [0.29, 0.717) is 24.3 Å². The number of rotatable bonds is 6. The lowest BCUT2D eigenvalue weighted by atomic mass is 9.91. The molecule has 4 rings (SSSR count). The minimum Gasteiger partial charge on any atom is -0.492 e. The zero-order valence-electron chi connectivity index (χ0n) is 15.4. The van der Waals surface area contributed by atoms with Crippen molar-refractivity contribution in [3.05, 3.63) is 36.0 Å². The maximum atomic E-state index is 6.34. The number of ether oxygens (including phenoxy) is 2. The molecule has 1 fully saturated rings. The summed E-state index contributed by atoms with van der Waals surface area (Å²) in [6.45, 7) is 4.85. The van der Waals surface area contributed by atoms with E-state index in [1.807, 2.05) is 24.3 Å². The van der Waals surface area contributed by atoms with E-state index in [-0.39, 0.29) is 12.1 Å². The number of fused-ring (bicyclic) bond motifs is 3. The fourth-order valence-corrected chi connectivity index (χ4v) is 3.74. The predicted octanol–water partition coefficient (Wildman–Crippen LogP) is 3.93. The molecule has 0 bridgehead atoms. The first-order chi connectivity index (χ1) is 12.5. The van der Waals surface area contributed by atoms with Crippen molar-refractivity contribution < 1.29 is 9.47 Å². The van der Waals surface area contributed by atoms with E-state index in [4.69, 9.17) is 20.9 Å². The van der Waals surface area contributed by atoms with Crippen molar-refractivity contribution in [3.63, 3.8) is 0 Å². The van der Waals surface area contributed by atoms with Gasteiger partial charge in [-0.3, -0.25) is 0 Å². The maximum absolute atomic E-state index is 6.34. The molecule has 0 saturated heterocycles. The molecular weight excluding hydrogens is 326 g/mol. The van der Waals surface area contributed by atoms with Crippen molar-refractivity contribution in [2.45, 2.75) is 45.3 Å². The van der Waals surface area contributed by atoms with Gasteiger partial charge in [-0.1, -0.05) is 13.8 Å². The first kappa shape index (κ1) is 17.2. The van der Waals surface area contributed by atoms with Gasteiger partial charge in [0.25, 0.3) is 0 Å². The fourth-order valence-electron chi connectivity index (χ4n) is 3.74. The topological polar surface area (TPSA) is 83.4 Å². The summed E-state index contributed by atoms with van der Waals surface area (Å²) >= 11 is 0. The van der Waals surface area contributed by atoms with E-state index in [2.05, 4.69) is 18.8 Å². The molecule has 2 unspecified atom stereocenters. The van der Waals surface area contributed by atoms with E-state index in [9.17, 15) is 0 Å². The molecule has 5 heteroatoms. The Morgan fingerprint density at radius 3 is 2.77 bits per heavy atom. The molecule has 2 atom stereocenters. The normalized spacial score (nSPS) is 19.5. The van der Waals surface area contributed by atoms with Gasteiger partial charge in [-0.25, -0.2) is 4.98 Å². The maximum Gasteiger partial charge on any atom is 0.131 e. The molecule has 2 aromatic rings. The van der Waals surface area contributed by atoms with Crippen LogP contribution < -0.4 is 20.9 Å². The second-order valence-corrected chi connectivity index (χ2v) is 7.89. The predicted molar refractivity (Wildman–Crippen MR) is 103 cm³/mol. The largest absolute Gasteiger partial charge is 0.492 e. The van der Waals surface area contributed by atoms with Gasteiger partial charge in [0.1, 0.15) is 30.0 Å². The number of hydrogen-bond donors (Lipinski definition) is 2. The molecule has 138 valence electrons. The summed E-state index contributed by atoms with van der Waals surface area (Å²) in [5, 5.41) is 0. The minimum absolute atomic E-state index is 0.00959. The average molecular weight is 353 g/mol. The van der Waals surface area contributed by atoms with E-state index < -0.39 is 0 Å². The van der Waals surface area contributed by atoms with E-state index in [1.54, 1.807) is 6.20 Å². The number of hydrogen-bond acceptors (Lipinski definition) is 5. The first-order valence-electron chi connectivity index (χ1n) is 9.46. The molecule has 26 heavy (non-hydrogen) atoms. The molecule has 1 aromatic carbocycles. The van der Waals surface area contributed by atoms with Gasteiger partial charge in [-0.05, 0) is 48.9 Å². The molecule has 2 aliphatic rings. The highest BCUT2D eigenvalue weighted by atomic mass is 16.5. The first-order valence-corrected chi connectivity index (χ1v) is 9.46. The summed E-state index contributed by atoms with van der Waals surface area (Å²) in [6.07, 6.45) is 5.06. The Bertz CT molecular complexity index is 802. The number of nitrogens with two attached hydrogens (primary N) is 2. The third-order valence-electron chi connectivity index (χ3n) is 5.09. The highest BCUT2D eigenvalue weighted by molar-refractivity contribution is 5.79. The Morgan fingerprint density at radius 1 is 1.23 bits per heavy atom. The summed E-state index contributed by atoms with van der Waals surface area (Å²) in [7, 11) is 0. The number of nitrogen functional groups attached to an aromatic ring is 1. The van der Waals surface area contributed by atoms with Gasteiger partial charge >= 0.3 is 0 Å². The Labute approximate surface area is 154 Å². The van der Waals surface area contributed by atoms with Crippen LogP contribution in [0.1, 0.15) is 44.8 Å². The van der Waals surface area contributed by atoms with Crippen LogP contribution in [0.25, 0.3) is 11.1 Å². The molecule has 2 heterocycles. The molecule has 1 aliphatic carbocycles. The minimum atomic E-state index is -0.00959. The lowest BCUT2D eigenvalue weighted by molar-refractivity contribution is 0.177. The highest BCUT2D eigenvalue weighted by Gasteiger charge is 2.40. The summed E-state index contributed by atoms with van der Waals surface area (Å²) in [6, 6.07) is 8.06. The molecule has 0 spiro atoms. The van der Waals surface area contributed by atoms with Crippen LogP contribution in [0.4, 0.5) is 5.82 Å². The van der Waals surface area contributed by atoms with Gasteiger partial charge in [-0.2, -0.15) is 0 Å². The van der Waals surface area contributed by atoms with Crippen LogP contribution in [0.5, 0.6) is 11.5 Å². The van der Waals surface area contributed by atoms with Crippen molar-refractivity contribution in [1.82, 2.24) is 4.98 Å². The van der Waals surface area contributed by atoms with E-state index in [1.165, 1.54) is 12.8 Å². The van der Waals surface area contributed by atoms with E-state index >= 15 is 0 Å². The molecule has 1 aliphatic heterocycles. The molecule has 5 nitrogen and oxygen atoms in total. The standard InChI is InChI=1S/C21H27N3O2/c1-12(2)9-14(22)11-25-15-5-6-16-17-7-8-24-21(23)19(17)20(13-3-4-13)26-18(16)10-15/h5-8,10,12-14,20H,3-4,9,11,22H2,1-2H3,(H2,23,24). The van der Waals surface area contributed by atoms with Crippen molar-refractivity contribution >= 4 is 5.82 Å². The van der Waals surface area contributed by atoms with Crippen molar-refractivity contribution in [2.24, 2.45) is 17.6 Å². The summed E-state index contributed by atoms with van der Waals surface area (Å²) < 4.78 is 12.3. The number of aromatic nitrogens is 1. The Kier molecular flexibility index (Phi) is 4.49. The van der Waals surface area contributed by atoms with Gasteiger partial charge in [0, 0.05) is 35.3 Å². The Balaban J connectivity index is 1.59. The molecule has 1 saturated carbocycles. The van der Waals surface area contributed by atoms with Gasteiger partial charge in [0.2, 0.25) is 0 Å². The number of nitrogens with zero attached hydrogens (tertiary/aromatic N) is 1. The third kappa shape index (κ3) is 3.36. The number of anilines is 1. The molecule has 0 amide bonds. The molecule has 1 aromatic heterocycles. The van der Waals surface area contributed by atoms with Gasteiger partial charge in [-0.15, -0.1) is 0 Å². The molecular formula is C21H27N3O2. The third-order valence-corrected chi connectivity index (χ3v) is 5.09. The van der Waals surface area contributed by atoms with Crippen LogP contribution >= 0.6 is 0 Å². The SMILES string of the molecule is CC(C)CC(N)COc1ccc2c(c1)OC(C1CC1)c1c-2ccnc1N. The monoisotopic (exact) mass is 353 g/mol. The highest BCUT2D eigenvalue weighted by Crippen LogP contribution is 2.52. The van der Waals surface area contributed by atoms with Crippen LogP contribution in [0.15, 0.2) is 30.5 Å². The molecule has 0 radical (unpaired) electrons. The zero-order chi connectivity index (χ0) is 18.3. The second kappa shape index (κ2) is 6.80. The average Bonchev–Trinajstić information content (AvgIpc) is 3.43. The van der Waals surface area contributed by atoms with Crippen LogP contribution in [-0.4, -0.2) is 17.6 Å². The lowest BCUT2D eigenvalue weighted by Crippen LogP contribution is -2.29. The van der Waals surface area contributed by atoms with Gasteiger partial charge in [0.15, 0.2) is 0 Å². The van der Waals surface area contributed by atoms with Crippen LogP contribution in [0, 0.1) is 11.8 Å². The van der Waals surface area contributed by atoms with Crippen molar-refractivity contribution in [1.29, 1.82) is 0 Å². The Morgan fingerprint density at radius 2 is 2.04 bits per heavy atom. The number of pyridine rings is 1. The summed E-state index contributed by atoms with van der Waals surface area (Å²) in [4.78, 5) is 4.27. The van der Waals surface area contributed by atoms with Gasteiger partial charge in [0.05, 0.1) is 0 Å².